The smallest absolute Gasteiger partial charge is 0.237 e. The van der Waals surface area contributed by atoms with E-state index in [4.69, 9.17) is 0 Å². The Hall–Kier alpha value is -1.46. The lowest BCUT2D eigenvalue weighted by Crippen LogP contribution is -2.50. The molecule has 1 N–H and O–H groups in total. The second-order valence-electron chi connectivity index (χ2n) is 7.29. The predicted molar refractivity (Wildman–Crippen MR) is 88.4 cm³/mol. The molecule has 1 saturated heterocycles. The summed E-state index contributed by atoms with van der Waals surface area (Å²) in [5, 5.41) is 9.56. The summed E-state index contributed by atoms with van der Waals surface area (Å²) in [6.07, 6.45) is 1.19. The summed E-state index contributed by atoms with van der Waals surface area (Å²) < 4.78 is 13.4. The topological polar surface area (TPSA) is 43.8 Å². The second kappa shape index (κ2) is 7.41. The van der Waals surface area contributed by atoms with E-state index in [-0.39, 0.29) is 23.4 Å². The summed E-state index contributed by atoms with van der Waals surface area (Å²) in [6.45, 7) is 8.20. The number of benzene rings is 1. The SMILES string of the molecule is CC(C)(C)N(Cc1cccc(F)c1)C(=O)CN1CCC(O)CC1. The molecule has 2 rings (SSSR count). The summed E-state index contributed by atoms with van der Waals surface area (Å²) in [6, 6.07) is 6.39. The largest absolute Gasteiger partial charge is 0.393 e. The summed E-state index contributed by atoms with van der Waals surface area (Å²) in [5.74, 6) is -0.244. The number of hydrogen-bond donors (Lipinski definition) is 1. The number of nitrogens with zero attached hydrogens (tertiary/aromatic N) is 2. The van der Waals surface area contributed by atoms with Crippen molar-refractivity contribution in [2.75, 3.05) is 19.6 Å². The van der Waals surface area contributed by atoms with Gasteiger partial charge in [0, 0.05) is 25.2 Å². The van der Waals surface area contributed by atoms with E-state index in [1.807, 2.05) is 26.8 Å². The van der Waals surface area contributed by atoms with Crippen LogP contribution in [-0.2, 0) is 11.3 Å². The summed E-state index contributed by atoms with van der Waals surface area (Å²) in [4.78, 5) is 16.6. The van der Waals surface area contributed by atoms with Crippen molar-refractivity contribution in [1.82, 2.24) is 9.80 Å². The van der Waals surface area contributed by atoms with Gasteiger partial charge in [-0.1, -0.05) is 12.1 Å². The zero-order valence-electron chi connectivity index (χ0n) is 14.3. The first-order valence-electron chi connectivity index (χ1n) is 8.21. The van der Waals surface area contributed by atoms with Gasteiger partial charge >= 0.3 is 0 Å². The van der Waals surface area contributed by atoms with Crippen molar-refractivity contribution in [1.29, 1.82) is 0 Å². The number of aliphatic hydroxyl groups excluding tert-OH is 1. The van der Waals surface area contributed by atoms with E-state index in [1.54, 1.807) is 11.0 Å². The van der Waals surface area contributed by atoms with Crippen LogP contribution in [0.2, 0.25) is 0 Å². The van der Waals surface area contributed by atoms with Crippen LogP contribution in [0.3, 0.4) is 0 Å². The van der Waals surface area contributed by atoms with Crippen molar-refractivity contribution in [3.63, 3.8) is 0 Å². The van der Waals surface area contributed by atoms with Crippen molar-refractivity contribution in [2.45, 2.75) is 51.8 Å². The van der Waals surface area contributed by atoms with Gasteiger partial charge in [0.25, 0.3) is 0 Å². The molecule has 0 unspecified atom stereocenters. The molecule has 1 heterocycles. The molecule has 1 aliphatic rings. The third-order valence-corrected chi connectivity index (χ3v) is 4.26. The molecule has 0 bridgehead atoms. The number of hydrogen-bond acceptors (Lipinski definition) is 3. The third-order valence-electron chi connectivity index (χ3n) is 4.26. The Kier molecular flexibility index (Phi) is 5.76. The Labute approximate surface area is 137 Å². The number of carbonyl (C=O) groups is 1. The molecule has 0 atom stereocenters. The molecular weight excluding hydrogens is 295 g/mol. The van der Waals surface area contributed by atoms with Gasteiger partial charge < -0.3 is 10.0 Å². The normalized spacial score (nSPS) is 17.3. The Morgan fingerprint density at radius 3 is 2.57 bits per heavy atom. The van der Waals surface area contributed by atoms with Gasteiger partial charge in [0.05, 0.1) is 12.6 Å². The van der Waals surface area contributed by atoms with Crippen LogP contribution in [-0.4, -0.2) is 52.1 Å². The lowest BCUT2D eigenvalue weighted by molar-refractivity contribution is -0.138. The summed E-state index contributed by atoms with van der Waals surface area (Å²) in [5.41, 5.74) is 0.459. The van der Waals surface area contributed by atoms with Crippen molar-refractivity contribution in [3.8, 4) is 0 Å². The van der Waals surface area contributed by atoms with Crippen LogP contribution >= 0.6 is 0 Å². The molecule has 0 spiro atoms. The molecule has 1 aromatic rings. The van der Waals surface area contributed by atoms with Crippen LogP contribution in [0.5, 0.6) is 0 Å². The van der Waals surface area contributed by atoms with E-state index in [0.29, 0.717) is 25.9 Å². The highest BCUT2D eigenvalue weighted by atomic mass is 19.1. The van der Waals surface area contributed by atoms with Crippen molar-refractivity contribution in [2.24, 2.45) is 0 Å². The van der Waals surface area contributed by atoms with E-state index >= 15 is 0 Å². The van der Waals surface area contributed by atoms with Crippen LogP contribution < -0.4 is 0 Å². The zero-order chi connectivity index (χ0) is 17.0. The van der Waals surface area contributed by atoms with Crippen LogP contribution in [0.1, 0.15) is 39.2 Å². The molecule has 0 saturated carbocycles. The van der Waals surface area contributed by atoms with E-state index in [1.165, 1.54) is 12.1 Å². The van der Waals surface area contributed by atoms with Gasteiger partial charge in [0.15, 0.2) is 0 Å². The van der Waals surface area contributed by atoms with Gasteiger partial charge in [0.1, 0.15) is 5.82 Å². The van der Waals surface area contributed by atoms with Crippen LogP contribution in [0.4, 0.5) is 4.39 Å². The fraction of sp³-hybridized carbons (Fsp3) is 0.611. The molecule has 1 aliphatic heterocycles. The Morgan fingerprint density at radius 1 is 1.35 bits per heavy atom. The number of carbonyl (C=O) groups excluding carboxylic acids is 1. The molecule has 1 fully saturated rings. The van der Waals surface area contributed by atoms with E-state index in [0.717, 1.165) is 18.7 Å². The molecule has 0 radical (unpaired) electrons. The van der Waals surface area contributed by atoms with E-state index < -0.39 is 0 Å². The molecule has 5 heteroatoms. The number of likely N-dealkylation sites (tertiary alicyclic amines) is 1. The van der Waals surface area contributed by atoms with Crippen LogP contribution in [0.25, 0.3) is 0 Å². The first-order valence-corrected chi connectivity index (χ1v) is 8.21. The zero-order valence-corrected chi connectivity index (χ0v) is 14.3. The summed E-state index contributed by atoms with van der Waals surface area (Å²) >= 11 is 0. The minimum atomic E-state index is -0.335. The lowest BCUT2D eigenvalue weighted by atomic mass is 10.0. The molecule has 0 aromatic heterocycles. The Bertz CT molecular complexity index is 534. The number of amides is 1. The van der Waals surface area contributed by atoms with Gasteiger partial charge in [-0.2, -0.15) is 0 Å². The molecule has 4 nitrogen and oxygen atoms in total. The molecule has 128 valence electrons. The van der Waals surface area contributed by atoms with Gasteiger partial charge in [0.2, 0.25) is 5.91 Å². The number of rotatable bonds is 4. The second-order valence-corrected chi connectivity index (χ2v) is 7.29. The first-order chi connectivity index (χ1) is 10.8. The molecule has 0 aliphatic carbocycles. The van der Waals surface area contributed by atoms with Gasteiger partial charge in [-0.25, -0.2) is 4.39 Å². The van der Waals surface area contributed by atoms with Gasteiger partial charge in [-0.15, -0.1) is 0 Å². The monoisotopic (exact) mass is 322 g/mol. The highest BCUT2D eigenvalue weighted by Gasteiger charge is 2.28. The lowest BCUT2D eigenvalue weighted by Gasteiger charge is -2.38. The van der Waals surface area contributed by atoms with E-state index in [2.05, 4.69) is 4.90 Å². The van der Waals surface area contributed by atoms with Crippen LogP contribution in [0, 0.1) is 5.82 Å². The minimum absolute atomic E-state index is 0.0400. The molecular formula is C18H27FN2O2. The van der Waals surface area contributed by atoms with Gasteiger partial charge in [-0.3, -0.25) is 9.69 Å². The molecule has 1 amide bonds. The van der Waals surface area contributed by atoms with E-state index in [9.17, 15) is 14.3 Å². The van der Waals surface area contributed by atoms with Crippen LogP contribution in [0.15, 0.2) is 24.3 Å². The number of piperidine rings is 1. The molecule has 23 heavy (non-hydrogen) atoms. The highest BCUT2D eigenvalue weighted by molar-refractivity contribution is 5.79. The average Bonchev–Trinajstić information content (AvgIpc) is 2.46. The first kappa shape index (κ1) is 17.9. The highest BCUT2D eigenvalue weighted by Crippen LogP contribution is 2.19. The van der Waals surface area contributed by atoms with Crippen molar-refractivity contribution in [3.05, 3.63) is 35.6 Å². The predicted octanol–water partition coefficient (Wildman–Crippen LogP) is 2.41. The number of aliphatic hydroxyl groups is 1. The maximum atomic E-state index is 13.4. The maximum Gasteiger partial charge on any atom is 0.237 e. The fourth-order valence-electron chi connectivity index (χ4n) is 2.87. The van der Waals surface area contributed by atoms with Crippen molar-refractivity contribution >= 4 is 5.91 Å². The average molecular weight is 322 g/mol. The quantitative estimate of drug-likeness (QED) is 0.926. The third kappa shape index (κ3) is 5.29. The number of halogens is 1. The standard InChI is InChI=1S/C18H27FN2O2/c1-18(2,3)21(12-14-5-4-6-15(19)11-14)17(23)13-20-9-7-16(22)8-10-20/h4-6,11,16,22H,7-10,12-13H2,1-3H3. The van der Waals surface area contributed by atoms with Gasteiger partial charge in [-0.05, 0) is 51.3 Å². The molecule has 1 aromatic carbocycles. The Morgan fingerprint density at radius 2 is 2.00 bits per heavy atom. The maximum absolute atomic E-state index is 13.4. The minimum Gasteiger partial charge on any atom is -0.393 e. The summed E-state index contributed by atoms with van der Waals surface area (Å²) in [7, 11) is 0. The van der Waals surface area contributed by atoms with Crippen molar-refractivity contribution < 1.29 is 14.3 Å². The fourth-order valence-corrected chi connectivity index (χ4v) is 2.87. The Balaban J connectivity index is 2.04.